The van der Waals surface area contributed by atoms with Crippen LogP contribution in [0.1, 0.15) is 19.4 Å². The second-order valence-corrected chi connectivity index (χ2v) is 6.08. The first kappa shape index (κ1) is 18.3. The molecule has 0 aliphatic heterocycles. The monoisotopic (exact) mass is 337 g/mol. The molecule has 0 atom stereocenters. The van der Waals surface area contributed by atoms with Crippen LogP contribution in [0, 0.1) is 11.3 Å². The molecule has 2 aromatic rings. The summed E-state index contributed by atoms with van der Waals surface area (Å²) in [4.78, 5) is 6.16. The molecule has 0 saturated carbocycles. The Morgan fingerprint density at radius 2 is 1.76 bits per heavy atom. The van der Waals surface area contributed by atoms with Gasteiger partial charge in [0.05, 0.1) is 30.8 Å². The zero-order valence-electron chi connectivity index (χ0n) is 15.3. The zero-order chi connectivity index (χ0) is 18.4. The Morgan fingerprint density at radius 1 is 1.08 bits per heavy atom. The third-order valence-corrected chi connectivity index (χ3v) is 3.40. The van der Waals surface area contributed by atoms with Gasteiger partial charge in [-0.2, -0.15) is 5.26 Å². The lowest BCUT2D eigenvalue weighted by molar-refractivity contribution is 0.230. The molecule has 5 nitrogen and oxygen atoms in total. The number of hydrogen-bond donors (Lipinski definition) is 0. The van der Waals surface area contributed by atoms with E-state index in [9.17, 15) is 5.26 Å². The van der Waals surface area contributed by atoms with Gasteiger partial charge in [0.2, 0.25) is 0 Å². The molecule has 0 fully saturated rings. The molecule has 0 spiro atoms. The Hall–Kier alpha value is -3.00. The largest absolute Gasteiger partial charge is 0.493 e. The van der Waals surface area contributed by atoms with Crippen molar-refractivity contribution in [1.29, 1.82) is 5.26 Å². The molecule has 0 heterocycles. The normalized spacial score (nSPS) is 10.8. The molecule has 0 unspecified atom stereocenters. The van der Waals surface area contributed by atoms with E-state index in [4.69, 9.17) is 9.47 Å². The lowest BCUT2D eigenvalue weighted by atomic mass is 10.0. The average molecular weight is 337 g/mol. The Kier molecular flexibility index (Phi) is 6.02. The number of ether oxygens (including phenoxy) is 2. The number of nitrogens with zero attached hydrogens (tertiary/aromatic N) is 3. The standard InChI is InChI=1S/C20H23N3O2/c1-14(2)25-20-11-16(7-9-19(20)24-5)15-6-8-18(17(10-15)12-21)22-13-23(3)4/h6-11,13-14H,1-5H3. The molecule has 0 aliphatic carbocycles. The topological polar surface area (TPSA) is 57.8 Å². The average Bonchev–Trinajstić information content (AvgIpc) is 2.59. The van der Waals surface area contributed by atoms with Gasteiger partial charge in [0.15, 0.2) is 11.5 Å². The summed E-state index contributed by atoms with van der Waals surface area (Å²) < 4.78 is 11.2. The molecule has 0 radical (unpaired) electrons. The maximum Gasteiger partial charge on any atom is 0.162 e. The molecule has 0 aromatic heterocycles. The molecular weight excluding hydrogens is 314 g/mol. The summed E-state index contributed by atoms with van der Waals surface area (Å²) in [5.74, 6) is 1.37. The number of methoxy groups -OCH3 is 1. The molecule has 5 heteroatoms. The van der Waals surface area contributed by atoms with E-state index in [1.54, 1.807) is 13.4 Å². The van der Waals surface area contributed by atoms with Crippen molar-refractivity contribution in [2.24, 2.45) is 4.99 Å². The second-order valence-electron chi connectivity index (χ2n) is 6.08. The minimum Gasteiger partial charge on any atom is -0.493 e. The van der Waals surface area contributed by atoms with Gasteiger partial charge in [-0.1, -0.05) is 12.1 Å². The van der Waals surface area contributed by atoms with E-state index in [0.717, 1.165) is 11.1 Å². The minimum atomic E-state index is 0.0431. The minimum absolute atomic E-state index is 0.0431. The van der Waals surface area contributed by atoms with E-state index in [2.05, 4.69) is 11.1 Å². The van der Waals surface area contributed by atoms with Gasteiger partial charge in [-0.15, -0.1) is 0 Å². The molecule has 2 aromatic carbocycles. The molecule has 130 valence electrons. The smallest absolute Gasteiger partial charge is 0.162 e. The number of benzene rings is 2. The highest BCUT2D eigenvalue weighted by Gasteiger charge is 2.10. The zero-order valence-corrected chi connectivity index (χ0v) is 15.3. The molecule has 0 bridgehead atoms. The Morgan fingerprint density at radius 3 is 2.36 bits per heavy atom. The van der Waals surface area contributed by atoms with Gasteiger partial charge in [-0.05, 0) is 49.2 Å². The summed E-state index contributed by atoms with van der Waals surface area (Å²) in [5, 5.41) is 9.43. The van der Waals surface area contributed by atoms with Crippen LogP contribution in [0.2, 0.25) is 0 Å². The summed E-state index contributed by atoms with van der Waals surface area (Å²) in [6.07, 6.45) is 1.72. The summed E-state index contributed by atoms with van der Waals surface area (Å²) in [6.45, 7) is 3.94. The number of rotatable bonds is 6. The van der Waals surface area contributed by atoms with Gasteiger partial charge in [0.25, 0.3) is 0 Å². The van der Waals surface area contributed by atoms with Gasteiger partial charge in [0.1, 0.15) is 6.07 Å². The molecule has 0 N–H and O–H groups in total. The molecular formula is C20H23N3O2. The summed E-state index contributed by atoms with van der Waals surface area (Å²) in [5.41, 5.74) is 3.05. The van der Waals surface area contributed by atoms with Crippen LogP contribution in [0.25, 0.3) is 11.1 Å². The van der Waals surface area contributed by atoms with Crippen molar-refractivity contribution in [2.45, 2.75) is 20.0 Å². The van der Waals surface area contributed by atoms with Crippen LogP contribution in [-0.4, -0.2) is 38.5 Å². The van der Waals surface area contributed by atoms with Crippen molar-refractivity contribution < 1.29 is 9.47 Å². The van der Waals surface area contributed by atoms with Crippen LogP contribution >= 0.6 is 0 Å². The first-order chi connectivity index (χ1) is 11.9. The SMILES string of the molecule is COc1ccc(-c2ccc(N=CN(C)C)c(C#N)c2)cc1OC(C)C. The molecule has 2 rings (SSSR count). The lowest BCUT2D eigenvalue weighted by Crippen LogP contribution is -2.07. The highest BCUT2D eigenvalue weighted by atomic mass is 16.5. The number of hydrogen-bond acceptors (Lipinski definition) is 4. The molecule has 0 aliphatic rings. The summed E-state index contributed by atoms with van der Waals surface area (Å²) >= 11 is 0. The van der Waals surface area contributed by atoms with E-state index in [1.165, 1.54) is 0 Å². The fraction of sp³-hybridized carbons (Fsp3) is 0.300. The predicted molar refractivity (Wildman–Crippen MR) is 101 cm³/mol. The first-order valence-corrected chi connectivity index (χ1v) is 8.04. The van der Waals surface area contributed by atoms with Gasteiger partial charge < -0.3 is 14.4 Å². The van der Waals surface area contributed by atoms with Crippen molar-refractivity contribution in [1.82, 2.24) is 4.90 Å². The highest BCUT2D eigenvalue weighted by Crippen LogP contribution is 2.34. The van der Waals surface area contributed by atoms with Crippen molar-refractivity contribution in [2.75, 3.05) is 21.2 Å². The van der Waals surface area contributed by atoms with Gasteiger partial charge >= 0.3 is 0 Å². The van der Waals surface area contributed by atoms with Crippen LogP contribution in [-0.2, 0) is 0 Å². The van der Waals surface area contributed by atoms with Gasteiger partial charge in [0, 0.05) is 14.1 Å². The van der Waals surface area contributed by atoms with Crippen LogP contribution < -0.4 is 9.47 Å². The third-order valence-electron chi connectivity index (χ3n) is 3.40. The number of aliphatic imine (C=N–C) groups is 1. The second kappa shape index (κ2) is 8.20. The van der Waals surface area contributed by atoms with Crippen molar-refractivity contribution >= 4 is 12.0 Å². The molecule has 0 amide bonds. The quantitative estimate of drug-likeness (QED) is 0.584. The fourth-order valence-corrected chi connectivity index (χ4v) is 2.30. The fourth-order valence-electron chi connectivity index (χ4n) is 2.30. The van der Waals surface area contributed by atoms with Crippen molar-refractivity contribution in [3.8, 4) is 28.7 Å². The van der Waals surface area contributed by atoms with Crippen LogP contribution in [0.3, 0.4) is 0 Å². The van der Waals surface area contributed by atoms with Gasteiger partial charge in [-0.3, -0.25) is 0 Å². The van der Waals surface area contributed by atoms with E-state index in [0.29, 0.717) is 22.7 Å². The van der Waals surface area contributed by atoms with E-state index in [1.807, 2.05) is 69.2 Å². The Balaban J connectivity index is 2.43. The number of nitriles is 1. The maximum absolute atomic E-state index is 9.43. The predicted octanol–water partition coefficient (Wildman–Crippen LogP) is 4.24. The Labute approximate surface area is 149 Å². The van der Waals surface area contributed by atoms with Crippen LogP contribution in [0.5, 0.6) is 11.5 Å². The highest BCUT2D eigenvalue weighted by molar-refractivity contribution is 5.73. The first-order valence-electron chi connectivity index (χ1n) is 8.04. The van der Waals surface area contributed by atoms with E-state index in [-0.39, 0.29) is 6.10 Å². The summed E-state index contributed by atoms with van der Waals surface area (Å²) in [6, 6.07) is 13.6. The van der Waals surface area contributed by atoms with Crippen molar-refractivity contribution in [3.05, 3.63) is 42.0 Å². The van der Waals surface area contributed by atoms with Gasteiger partial charge in [-0.25, -0.2) is 4.99 Å². The molecule has 0 saturated heterocycles. The maximum atomic E-state index is 9.43. The summed E-state index contributed by atoms with van der Waals surface area (Å²) in [7, 11) is 5.39. The lowest BCUT2D eigenvalue weighted by Gasteiger charge is -2.15. The van der Waals surface area contributed by atoms with E-state index >= 15 is 0 Å². The third kappa shape index (κ3) is 4.74. The van der Waals surface area contributed by atoms with E-state index < -0.39 is 0 Å². The Bertz CT molecular complexity index is 805. The van der Waals surface area contributed by atoms with Crippen LogP contribution in [0.15, 0.2) is 41.4 Å². The molecule has 25 heavy (non-hydrogen) atoms. The van der Waals surface area contributed by atoms with Crippen molar-refractivity contribution in [3.63, 3.8) is 0 Å². The van der Waals surface area contributed by atoms with Crippen LogP contribution in [0.4, 0.5) is 5.69 Å².